The minimum atomic E-state index is -0.362. The molecule has 0 aliphatic carbocycles. The lowest BCUT2D eigenvalue weighted by atomic mass is 9.97. The van der Waals surface area contributed by atoms with Crippen LogP contribution in [0.1, 0.15) is 5.69 Å². The molecule has 0 saturated heterocycles. The molecule has 0 spiro atoms. The molecule has 0 saturated carbocycles. The second-order valence-corrected chi connectivity index (χ2v) is 7.69. The third-order valence-electron chi connectivity index (χ3n) is 4.83. The van der Waals surface area contributed by atoms with E-state index in [1.54, 1.807) is 36.9 Å². The number of rotatable bonds is 4. The number of halogens is 2. The second kappa shape index (κ2) is 7.94. The van der Waals surface area contributed by atoms with Gasteiger partial charge in [0.25, 0.3) is 0 Å². The van der Waals surface area contributed by atoms with Gasteiger partial charge < -0.3 is 0 Å². The quantitative estimate of drug-likeness (QED) is 0.407. The molecule has 0 N–H and O–H groups in total. The van der Waals surface area contributed by atoms with Gasteiger partial charge in [0.15, 0.2) is 5.65 Å². The topological polar surface area (TPSA) is 78.0 Å². The van der Waals surface area contributed by atoms with Gasteiger partial charge in [-0.1, -0.05) is 47.5 Å². The molecule has 2 aromatic carbocycles. The van der Waals surface area contributed by atoms with Crippen molar-refractivity contribution in [2.45, 2.75) is 6.54 Å². The van der Waals surface area contributed by atoms with Gasteiger partial charge in [-0.3, -0.25) is 9.97 Å². The molecule has 0 unspecified atom stereocenters. The maximum absolute atomic E-state index is 13.0. The Morgan fingerprint density at radius 1 is 0.839 bits per heavy atom. The van der Waals surface area contributed by atoms with Crippen LogP contribution in [0.15, 0.2) is 78.1 Å². The van der Waals surface area contributed by atoms with Crippen LogP contribution in [-0.2, 0) is 6.54 Å². The van der Waals surface area contributed by atoms with E-state index >= 15 is 0 Å². The van der Waals surface area contributed by atoms with Crippen molar-refractivity contribution in [1.82, 2.24) is 29.4 Å². The zero-order valence-electron chi connectivity index (χ0n) is 16.0. The fourth-order valence-electron chi connectivity index (χ4n) is 3.38. The van der Waals surface area contributed by atoms with Gasteiger partial charge in [-0.2, -0.15) is 9.61 Å². The molecule has 0 radical (unpaired) electrons. The van der Waals surface area contributed by atoms with Crippen LogP contribution < -0.4 is 5.69 Å². The van der Waals surface area contributed by atoms with E-state index in [0.717, 1.165) is 22.3 Å². The van der Waals surface area contributed by atoms with Crippen molar-refractivity contribution in [3.05, 3.63) is 99.5 Å². The number of fused-ring (bicyclic) bond motifs is 1. The predicted octanol–water partition coefficient (Wildman–Crippen LogP) is 4.37. The van der Waals surface area contributed by atoms with Crippen molar-refractivity contribution in [3.8, 4) is 22.3 Å². The Morgan fingerprint density at radius 3 is 2.16 bits per heavy atom. The number of hydrogen-bond acceptors (Lipinski definition) is 5. The SMILES string of the molecule is O=c1n(Cc2cnccn2)nc2c(-c3ccc(Cl)cc3)c(-c3ccc(Cl)cc3)cnn12. The summed E-state index contributed by atoms with van der Waals surface area (Å²) < 4.78 is 2.62. The monoisotopic (exact) mass is 448 g/mol. The molecular formula is C22H14Cl2N6O. The van der Waals surface area contributed by atoms with Gasteiger partial charge in [0.1, 0.15) is 0 Å². The first-order valence-corrected chi connectivity index (χ1v) is 10.1. The fraction of sp³-hybridized carbons (Fsp3) is 0.0455. The minimum Gasteiger partial charge on any atom is -0.261 e. The number of nitrogens with zero attached hydrogens (tertiary/aromatic N) is 6. The van der Waals surface area contributed by atoms with Crippen LogP contribution in [0.4, 0.5) is 0 Å². The molecular weight excluding hydrogens is 435 g/mol. The van der Waals surface area contributed by atoms with Crippen LogP contribution in [-0.4, -0.2) is 29.4 Å². The Hall–Kier alpha value is -3.55. The molecule has 3 heterocycles. The van der Waals surface area contributed by atoms with E-state index in [4.69, 9.17) is 23.2 Å². The summed E-state index contributed by atoms with van der Waals surface area (Å²) in [6.07, 6.45) is 6.42. The first kappa shape index (κ1) is 19.4. The number of hydrogen-bond donors (Lipinski definition) is 0. The van der Waals surface area contributed by atoms with Crippen LogP contribution >= 0.6 is 23.2 Å². The molecule has 5 aromatic rings. The van der Waals surface area contributed by atoms with Crippen molar-refractivity contribution in [2.75, 3.05) is 0 Å². The summed E-state index contributed by atoms with van der Waals surface area (Å²) in [7, 11) is 0. The molecule has 0 amide bonds. The molecule has 3 aromatic heterocycles. The largest absolute Gasteiger partial charge is 0.367 e. The lowest BCUT2D eigenvalue weighted by Gasteiger charge is -2.11. The maximum Gasteiger partial charge on any atom is 0.367 e. The van der Waals surface area contributed by atoms with Gasteiger partial charge in [0.05, 0.1) is 24.6 Å². The van der Waals surface area contributed by atoms with Crippen molar-refractivity contribution in [2.24, 2.45) is 0 Å². The van der Waals surface area contributed by atoms with Crippen LogP contribution in [0, 0.1) is 0 Å². The molecule has 7 nitrogen and oxygen atoms in total. The standard InChI is InChI=1S/C22H14Cl2N6O/c23-16-5-1-14(2-6-16)19-12-27-30-21(20(19)15-3-7-17(24)8-4-15)28-29(22(30)31)13-18-11-25-9-10-26-18/h1-12H,13H2. The summed E-state index contributed by atoms with van der Waals surface area (Å²) in [4.78, 5) is 21.3. The first-order valence-electron chi connectivity index (χ1n) is 9.36. The average Bonchev–Trinajstić information content (AvgIpc) is 3.10. The molecule has 0 aliphatic heterocycles. The Bertz CT molecular complexity index is 1430. The molecule has 0 bridgehead atoms. The highest BCUT2D eigenvalue weighted by atomic mass is 35.5. The molecule has 5 rings (SSSR count). The Labute approximate surface area is 186 Å². The van der Waals surface area contributed by atoms with Gasteiger partial charge in [-0.25, -0.2) is 9.48 Å². The highest BCUT2D eigenvalue weighted by Crippen LogP contribution is 2.34. The fourth-order valence-corrected chi connectivity index (χ4v) is 3.63. The lowest BCUT2D eigenvalue weighted by Crippen LogP contribution is -2.23. The molecule has 0 atom stereocenters. The van der Waals surface area contributed by atoms with Crippen LogP contribution in [0.3, 0.4) is 0 Å². The maximum atomic E-state index is 13.0. The van der Waals surface area contributed by atoms with E-state index in [9.17, 15) is 4.79 Å². The van der Waals surface area contributed by atoms with Crippen molar-refractivity contribution in [3.63, 3.8) is 0 Å². The lowest BCUT2D eigenvalue weighted by molar-refractivity contribution is 0.636. The highest BCUT2D eigenvalue weighted by molar-refractivity contribution is 6.31. The number of aromatic nitrogens is 6. The van der Waals surface area contributed by atoms with Crippen LogP contribution in [0.25, 0.3) is 27.9 Å². The smallest absolute Gasteiger partial charge is 0.261 e. The normalized spacial score (nSPS) is 11.2. The second-order valence-electron chi connectivity index (χ2n) is 6.82. The van der Waals surface area contributed by atoms with E-state index in [1.807, 2.05) is 36.4 Å². The van der Waals surface area contributed by atoms with Gasteiger partial charge >= 0.3 is 5.69 Å². The Balaban J connectivity index is 1.75. The average molecular weight is 449 g/mol. The third-order valence-corrected chi connectivity index (χ3v) is 5.33. The minimum absolute atomic E-state index is 0.187. The van der Waals surface area contributed by atoms with E-state index in [-0.39, 0.29) is 12.2 Å². The van der Waals surface area contributed by atoms with Gasteiger partial charge in [-0.15, -0.1) is 5.10 Å². The molecule has 0 fully saturated rings. The van der Waals surface area contributed by atoms with Crippen LogP contribution in [0.2, 0.25) is 10.0 Å². The zero-order chi connectivity index (χ0) is 21.4. The van der Waals surface area contributed by atoms with Gasteiger partial charge in [0.2, 0.25) is 0 Å². The molecule has 31 heavy (non-hydrogen) atoms. The summed E-state index contributed by atoms with van der Waals surface area (Å²) in [6, 6.07) is 14.8. The third kappa shape index (κ3) is 3.69. The van der Waals surface area contributed by atoms with Crippen molar-refractivity contribution >= 4 is 28.8 Å². The highest BCUT2D eigenvalue weighted by Gasteiger charge is 2.19. The predicted molar refractivity (Wildman–Crippen MR) is 119 cm³/mol. The number of benzene rings is 2. The van der Waals surface area contributed by atoms with Crippen LogP contribution in [0.5, 0.6) is 0 Å². The van der Waals surface area contributed by atoms with E-state index < -0.39 is 0 Å². The van der Waals surface area contributed by atoms with Gasteiger partial charge in [0, 0.05) is 33.6 Å². The van der Waals surface area contributed by atoms with Crippen molar-refractivity contribution in [1.29, 1.82) is 0 Å². The van der Waals surface area contributed by atoms with E-state index in [2.05, 4.69) is 20.2 Å². The molecule has 0 aliphatic rings. The van der Waals surface area contributed by atoms with E-state index in [1.165, 1.54) is 9.20 Å². The summed E-state index contributed by atoms with van der Waals surface area (Å²) >= 11 is 12.2. The Kier molecular flexibility index (Phi) is 4.97. The summed E-state index contributed by atoms with van der Waals surface area (Å²) in [5.74, 6) is 0. The summed E-state index contributed by atoms with van der Waals surface area (Å²) in [5, 5.41) is 10.2. The summed E-state index contributed by atoms with van der Waals surface area (Å²) in [6.45, 7) is 0.187. The zero-order valence-corrected chi connectivity index (χ0v) is 17.5. The molecule has 9 heteroatoms. The molecule has 152 valence electrons. The Morgan fingerprint density at radius 2 is 1.52 bits per heavy atom. The first-order chi connectivity index (χ1) is 15.1. The summed E-state index contributed by atoms with van der Waals surface area (Å²) in [5.41, 5.74) is 4.05. The van der Waals surface area contributed by atoms with Gasteiger partial charge in [-0.05, 0) is 35.4 Å². The van der Waals surface area contributed by atoms with Crippen molar-refractivity contribution < 1.29 is 0 Å². The van der Waals surface area contributed by atoms with E-state index in [0.29, 0.717) is 21.4 Å².